The normalized spacial score (nSPS) is 11.0. The van der Waals surface area contributed by atoms with E-state index in [0.717, 1.165) is 0 Å². The van der Waals surface area contributed by atoms with Gasteiger partial charge >= 0.3 is 0 Å². The molecule has 0 aliphatic carbocycles. The molecule has 0 saturated heterocycles. The first-order valence-corrected chi connectivity index (χ1v) is 7.78. The van der Waals surface area contributed by atoms with Gasteiger partial charge in [0.2, 0.25) is 0 Å². The molecule has 1 aromatic heterocycles. The summed E-state index contributed by atoms with van der Waals surface area (Å²) in [6.45, 7) is -1.87. The van der Waals surface area contributed by atoms with E-state index >= 15 is 0 Å². The van der Waals surface area contributed by atoms with Gasteiger partial charge in [0, 0.05) is 6.07 Å². The number of methoxy groups -OCH3 is 2. The number of nitrogens with one attached hydrogen (secondary N) is 2. The van der Waals surface area contributed by atoms with Gasteiger partial charge in [0.1, 0.15) is 0 Å². The van der Waals surface area contributed by atoms with Crippen molar-refractivity contribution in [3.05, 3.63) is 41.9 Å². The Labute approximate surface area is 153 Å². The van der Waals surface area contributed by atoms with Crippen LogP contribution in [0.1, 0.15) is 20.9 Å². The maximum Gasteiger partial charge on any atom is 0.291 e. The third-order valence-electron chi connectivity index (χ3n) is 3.57. The van der Waals surface area contributed by atoms with Gasteiger partial charge in [-0.1, -0.05) is 0 Å². The molecule has 0 atom stereocenters. The topological polar surface area (TPSA) is 116 Å². The molecule has 0 spiro atoms. The Morgan fingerprint density at radius 2 is 1.85 bits per heavy atom. The second-order valence-electron chi connectivity index (χ2n) is 5.43. The molecule has 2 amide bonds. The van der Waals surface area contributed by atoms with E-state index in [9.17, 15) is 18.4 Å². The van der Waals surface area contributed by atoms with E-state index < -0.39 is 30.8 Å². The summed E-state index contributed by atoms with van der Waals surface area (Å²) in [6.07, 6.45) is 1.31. The summed E-state index contributed by atoms with van der Waals surface area (Å²) in [4.78, 5) is 24.6. The van der Waals surface area contributed by atoms with E-state index in [1.807, 2.05) is 0 Å². The maximum absolute atomic E-state index is 13.3. The van der Waals surface area contributed by atoms with Crippen molar-refractivity contribution in [3.8, 4) is 11.5 Å². The van der Waals surface area contributed by atoms with Crippen LogP contribution in [0.15, 0.2) is 34.9 Å². The number of hydrogen-bond acceptors (Lipinski definition) is 6. The molecule has 8 nitrogen and oxygen atoms in total. The van der Waals surface area contributed by atoms with Gasteiger partial charge in [0.25, 0.3) is 17.7 Å². The van der Waals surface area contributed by atoms with Crippen molar-refractivity contribution in [1.29, 1.82) is 0 Å². The summed E-state index contributed by atoms with van der Waals surface area (Å²) in [5.41, 5.74) is 4.89. The standard InChI is InChI=1S/C17H19F2N3O5/c1-25-13-6-10(15(23)21-9-17(18,19)8-20)11(7-14(13)26-2)22-16(24)12-4-3-5-27-12/h3-7H,8-9,20H2,1-2H3,(H,21,23)(H,22,24). The first-order valence-electron chi connectivity index (χ1n) is 7.78. The summed E-state index contributed by atoms with van der Waals surface area (Å²) in [6, 6.07) is 5.56. The Morgan fingerprint density at radius 1 is 1.19 bits per heavy atom. The Morgan fingerprint density at radius 3 is 2.41 bits per heavy atom. The zero-order valence-electron chi connectivity index (χ0n) is 14.7. The lowest BCUT2D eigenvalue weighted by Crippen LogP contribution is -2.41. The smallest absolute Gasteiger partial charge is 0.291 e. The molecule has 1 aromatic carbocycles. The number of nitrogens with two attached hydrogens (primary N) is 1. The average Bonchev–Trinajstić information content (AvgIpc) is 3.20. The van der Waals surface area contributed by atoms with Crippen molar-refractivity contribution >= 4 is 17.5 Å². The van der Waals surface area contributed by atoms with Gasteiger partial charge in [-0.2, -0.15) is 0 Å². The lowest BCUT2D eigenvalue weighted by atomic mass is 10.1. The number of furan rings is 1. The first-order chi connectivity index (χ1) is 12.8. The third-order valence-corrected chi connectivity index (χ3v) is 3.57. The summed E-state index contributed by atoms with van der Waals surface area (Å²) in [5, 5.41) is 4.58. The SMILES string of the molecule is COc1cc(NC(=O)c2ccco2)c(C(=O)NCC(F)(F)CN)cc1OC. The predicted molar refractivity (Wildman–Crippen MR) is 92.5 cm³/mol. The molecule has 27 heavy (non-hydrogen) atoms. The minimum atomic E-state index is -3.26. The molecule has 0 aliphatic rings. The Balaban J connectivity index is 2.35. The highest BCUT2D eigenvalue weighted by molar-refractivity contribution is 6.08. The van der Waals surface area contributed by atoms with Gasteiger partial charge in [0.05, 0.1) is 44.8 Å². The van der Waals surface area contributed by atoms with E-state index in [1.54, 1.807) is 0 Å². The minimum Gasteiger partial charge on any atom is -0.493 e. The molecule has 0 bridgehead atoms. The predicted octanol–water partition coefficient (Wildman–Crippen LogP) is 1.87. The third kappa shape index (κ3) is 4.94. The number of carbonyl (C=O) groups excluding carboxylic acids is 2. The lowest BCUT2D eigenvalue weighted by molar-refractivity contribution is 0.0118. The molecule has 146 valence electrons. The number of carbonyl (C=O) groups is 2. The maximum atomic E-state index is 13.3. The van der Waals surface area contributed by atoms with Crippen molar-refractivity contribution in [2.24, 2.45) is 5.73 Å². The Hall–Kier alpha value is -3.14. The van der Waals surface area contributed by atoms with Gasteiger partial charge in [-0.25, -0.2) is 8.78 Å². The quantitative estimate of drug-likeness (QED) is 0.641. The van der Waals surface area contributed by atoms with Gasteiger partial charge < -0.3 is 30.3 Å². The van der Waals surface area contributed by atoms with E-state index in [2.05, 4.69) is 10.6 Å². The lowest BCUT2D eigenvalue weighted by Gasteiger charge is -2.17. The molecular weight excluding hydrogens is 364 g/mol. The number of alkyl halides is 2. The van der Waals surface area contributed by atoms with Crippen molar-refractivity contribution < 1.29 is 32.3 Å². The second kappa shape index (κ2) is 8.49. The minimum absolute atomic E-state index is 0.00538. The summed E-state index contributed by atoms with van der Waals surface area (Å²) in [7, 11) is 2.72. The van der Waals surface area contributed by atoms with Crippen LogP contribution in [0.3, 0.4) is 0 Å². The highest BCUT2D eigenvalue weighted by Crippen LogP contribution is 2.33. The molecule has 0 radical (unpaired) electrons. The molecule has 0 aliphatic heterocycles. The van der Waals surface area contributed by atoms with Gasteiger partial charge in [-0.3, -0.25) is 9.59 Å². The van der Waals surface area contributed by atoms with Crippen LogP contribution >= 0.6 is 0 Å². The Kier molecular flexibility index (Phi) is 6.35. The molecule has 4 N–H and O–H groups in total. The van der Waals surface area contributed by atoms with Crippen LogP contribution in [0.25, 0.3) is 0 Å². The van der Waals surface area contributed by atoms with Crippen LogP contribution in [0.5, 0.6) is 11.5 Å². The van der Waals surface area contributed by atoms with Crippen molar-refractivity contribution in [3.63, 3.8) is 0 Å². The molecule has 0 saturated carbocycles. The highest BCUT2D eigenvalue weighted by Gasteiger charge is 2.28. The fourth-order valence-electron chi connectivity index (χ4n) is 2.14. The van der Waals surface area contributed by atoms with E-state index in [4.69, 9.17) is 19.6 Å². The van der Waals surface area contributed by atoms with E-state index in [0.29, 0.717) is 0 Å². The number of benzene rings is 1. The van der Waals surface area contributed by atoms with Crippen molar-refractivity contribution in [1.82, 2.24) is 5.32 Å². The molecular formula is C17H19F2N3O5. The molecule has 2 aromatic rings. The monoisotopic (exact) mass is 383 g/mol. The van der Waals surface area contributed by atoms with Crippen LogP contribution in [0.4, 0.5) is 14.5 Å². The fraction of sp³-hybridized carbons (Fsp3) is 0.294. The first kappa shape index (κ1) is 20.2. The summed E-state index contributed by atoms with van der Waals surface area (Å²) in [5.74, 6) is -4.32. The van der Waals surface area contributed by atoms with E-state index in [-0.39, 0.29) is 28.5 Å². The van der Waals surface area contributed by atoms with Crippen LogP contribution in [0.2, 0.25) is 0 Å². The number of amides is 2. The average molecular weight is 383 g/mol. The molecule has 2 rings (SSSR count). The summed E-state index contributed by atoms with van der Waals surface area (Å²) >= 11 is 0. The van der Waals surface area contributed by atoms with Gasteiger partial charge in [-0.15, -0.1) is 0 Å². The molecule has 0 unspecified atom stereocenters. The number of halogens is 2. The van der Waals surface area contributed by atoms with Crippen LogP contribution in [0, 0.1) is 0 Å². The van der Waals surface area contributed by atoms with Crippen LogP contribution < -0.4 is 25.8 Å². The molecule has 10 heteroatoms. The van der Waals surface area contributed by atoms with Crippen molar-refractivity contribution in [2.75, 3.05) is 32.6 Å². The number of hydrogen-bond donors (Lipinski definition) is 3. The largest absolute Gasteiger partial charge is 0.493 e. The second-order valence-corrected chi connectivity index (χ2v) is 5.43. The van der Waals surface area contributed by atoms with Gasteiger partial charge in [-0.05, 0) is 18.2 Å². The number of rotatable bonds is 8. The highest BCUT2D eigenvalue weighted by atomic mass is 19.3. The Bertz CT molecular complexity index is 809. The van der Waals surface area contributed by atoms with Crippen molar-refractivity contribution in [2.45, 2.75) is 5.92 Å². The fourth-order valence-corrected chi connectivity index (χ4v) is 2.14. The van der Waals surface area contributed by atoms with Crippen LogP contribution in [-0.4, -0.2) is 45.0 Å². The van der Waals surface area contributed by atoms with E-state index in [1.165, 1.54) is 44.7 Å². The molecule has 1 heterocycles. The number of anilines is 1. The zero-order valence-corrected chi connectivity index (χ0v) is 14.7. The summed E-state index contributed by atoms with van der Waals surface area (Å²) < 4.78 is 41.9. The molecule has 0 fully saturated rings. The number of ether oxygens (including phenoxy) is 2. The zero-order chi connectivity index (χ0) is 20.0. The van der Waals surface area contributed by atoms with Gasteiger partial charge in [0.15, 0.2) is 17.3 Å². The van der Waals surface area contributed by atoms with Crippen LogP contribution in [-0.2, 0) is 0 Å².